The summed E-state index contributed by atoms with van der Waals surface area (Å²) in [4.78, 5) is 2.21. The minimum atomic E-state index is -3.52. The molecule has 0 radical (unpaired) electrons. The molecular weight excluding hydrogens is 276 g/mol. The Morgan fingerprint density at radius 1 is 1.35 bits per heavy atom. The molecule has 5 nitrogen and oxygen atoms in total. The van der Waals surface area contributed by atoms with Gasteiger partial charge in [0, 0.05) is 19.6 Å². The molecule has 0 unspecified atom stereocenters. The van der Waals surface area contributed by atoms with E-state index in [1.807, 2.05) is 25.1 Å². The topological polar surface area (TPSA) is 60.9 Å². The van der Waals surface area contributed by atoms with E-state index in [0.29, 0.717) is 24.4 Å². The Morgan fingerprint density at radius 2 is 2.00 bits per heavy atom. The SMILES string of the molecule is Cc1ccccc1S(=O)(=O)N1CC[C@@](O)(CN(C)C)C1. The van der Waals surface area contributed by atoms with Crippen molar-refractivity contribution in [3.63, 3.8) is 0 Å². The number of nitrogens with zero attached hydrogens (tertiary/aromatic N) is 2. The molecule has 1 aromatic carbocycles. The molecular formula is C14H22N2O3S. The zero-order valence-electron chi connectivity index (χ0n) is 12.2. The summed E-state index contributed by atoms with van der Waals surface area (Å²) in [5.41, 5.74) is -0.227. The van der Waals surface area contributed by atoms with Gasteiger partial charge < -0.3 is 10.0 Å². The Kier molecular flexibility index (Phi) is 4.20. The lowest BCUT2D eigenvalue weighted by Gasteiger charge is -2.26. The van der Waals surface area contributed by atoms with Gasteiger partial charge in [-0.15, -0.1) is 0 Å². The molecule has 1 aliphatic rings. The van der Waals surface area contributed by atoms with Crippen LogP contribution in [0.2, 0.25) is 0 Å². The van der Waals surface area contributed by atoms with Crippen LogP contribution in [0.15, 0.2) is 29.2 Å². The van der Waals surface area contributed by atoms with Crippen LogP contribution in [-0.2, 0) is 10.0 Å². The molecule has 1 aliphatic heterocycles. The van der Waals surface area contributed by atoms with Crippen molar-refractivity contribution in [1.29, 1.82) is 0 Å². The van der Waals surface area contributed by atoms with E-state index in [4.69, 9.17) is 0 Å². The van der Waals surface area contributed by atoms with Crippen LogP contribution in [0.4, 0.5) is 0 Å². The molecule has 1 saturated heterocycles. The van der Waals surface area contributed by atoms with Gasteiger partial charge in [0.05, 0.1) is 10.5 Å². The van der Waals surface area contributed by atoms with Crippen molar-refractivity contribution >= 4 is 10.0 Å². The Bertz CT molecular complexity index is 586. The zero-order valence-corrected chi connectivity index (χ0v) is 13.0. The molecule has 2 rings (SSSR count). The third-order valence-electron chi connectivity index (χ3n) is 3.62. The number of likely N-dealkylation sites (N-methyl/N-ethyl adjacent to an activating group) is 1. The minimum Gasteiger partial charge on any atom is -0.387 e. The highest BCUT2D eigenvalue weighted by atomic mass is 32.2. The summed E-state index contributed by atoms with van der Waals surface area (Å²) < 4.78 is 26.6. The molecule has 0 spiro atoms. The van der Waals surface area contributed by atoms with Crippen LogP contribution < -0.4 is 0 Å². The van der Waals surface area contributed by atoms with E-state index in [9.17, 15) is 13.5 Å². The van der Waals surface area contributed by atoms with Gasteiger partial charge in [0.25, 0.3) is 0 Å². The van der Waals surface area contributed by atoms with Crippen LogP contribution >= 0.6 is 0 Å². The Morgan fingerprint density at radius 3 is 2.60 bits per heavy atom. The Labute approximate surface area is 120 Å². The quantitative estimate of drug-likeness (QED) is 0.888. The lowest BCUT2D eigenvalue weighted by atomic mass is 10.0. The van der Waals surface area contributed by atoms with E-state index in [0.717, 1.165) is 5.56 Å². The number of β-amino-alcohol motifs (C(OH)–C–C–N with tert-alkyl or cyclic N) is 1. The molecule has 0 saturated carbocycles. The van der Waals surface area contributed by atoms with Gasteiger partial charge in [-0.05, 0) is 39.1 Å². The van der Waals surface area contributed by atoms with Gasteiger partial charge in [0.2, 0.25) is 10.0 Å². The summed E-state index contributed by atoms with van der Waals surface area (Å²) in [7, 11) is 0.222. The fraction of sp³-hybridized carbons (Fsp3) is 0.571. The minimum absolute atomic E-state index is 0.155. The number of rotatable bonds is 4. The molecule has 1 heterocycles. The maximum absolute atomic E-state index is 12.6. The zero-order chi connectivity index (χ0) is 15.0. The largest absolute Gasteiger partial charge is 0.387 e. The predicted molar refractivity (Wildman–Crippen MR) is 78.1 cm³/mol. The van der Waals surface area contributed by atoms with Gasteiger partial charge in [-0.2, -0.15) is 4.31 Å². The van der Waals surface area contributed by atoms with E-state index >= 15 is 0 Å². The molecule has 1 atom stereocenters. The van der Waals surface area contributed by atoms with Gasteiger partial charge in [0.15, 0.2) is 0 Å². The van der Waals surface area contributed by atoms with E-state index in [-0.39, 0.29) is 6.54 Å². The summed E-state index contributed by atoms with van der Waals surface area (Å²) in [6.07, 6.45) is 0.469. The third-order valence-corrected chi connectivity index (χ3v) is 5.62. The number of aryl methyl sites for hydroxylation is 1. The monoisotopic (exact) mass is 298 g/mol. The average Bonchev–Trinajstić information content (AvgIpc) is 2.71. The van der Waals surface area contributed by atoms with Crippen molar-refractivity contribution in [2.45, 2.75) is 23.8 Å². The summed E-state index contributed by atoms with van der Waals surface area (Å²) in [5.74, 6) is 0. The molecule has 112 valence electrons. The first kappa shape index (κ1) is 15.4. The molecule has 20 heavy (non-hydrogen) atoms. The van der Waals surface area contributed by atoms with Crippen molar-refractivity contribution in [1.82, 2.24) is 9.21 Å². The van der Waals surface area contributed by atoms with Crippen molar-refractivity contribution < 1.29 is 13.5 Å². The second-order valence-electron chi connectivity index (χ2n) is 5.82. The van der Waals surface area contributed by atoms with Gasteiger partial charge in [0.1, 0.15) is 0 Å². The van der Waals surface area contributed by atoms with Crippen LogP contribution in [0, 0.1) is 6.92 Å². The summed E-state index contributed by atoms with van der Waals surface area (Å²) >= 11 is 0. The first-order valence-electron chi connectivity index (χ1n) is 6.67. The molecule has 1 N–H and O–H groups in total. The van der Waals surface area contributed by atoms with Crippen molar-refractivity contribution in [2.75, 3.05) is 33.7 Å². The average molecular weight is 298 g/mol. The van der Waals surface area contributed by atoms with Crippen LogP contribution in [0.25, 0.3) is 0 Å². The summed E-state index contributed by atoms with van der Waals surface area (Å²) in [5, 5.41) is 10.5. The summed E-state index contributed by atoms with van der Waals surface area (Å²) in [6.45, 7) is 2.77. The van der Waals surface area contributed by atoms with Crippen molar-refractivity contribution in [2.24, 2.45) is 0 Å². The number of hydrogen-bond acceptors (Lipinski definition) is 4. The fourth-order valence-electron chi connectivity index (χ4n) is 2.73. The Balaban J connectivity index is 2.23. The van der Waals surface area contributed by atoms with Crippen molar-refractivity contribution in [3.05, 3.63) is 29.8 Å². The third kappa shape index (κ3) is 3.03. The van der Waals surface area contributed by atoms with Crippen LogP contribution in [0.5, 0.6) is 0 Å². The van der Waals surface area contributed by atoms with Gasteiger partial charge in [-0.1, -0.05) is 18.2 Å². The van der Waals surface area contributed by atoms with Crippen molar-refractivity contribution in [3.8, 4) is 0 Å². The maximum atomic E-state index is 12.6. The molecule has 1 aromatic rings. The first-order valence-corrected chi connectivity index (χ1v) is 8.11. The fourth-order valence-corrected chi connectivity index (χ4v) is 4.47. The lowest BCUT2D eigenvalue weighted by Crippen LogP contribution is -2.43. The van der Waals surface area contributed by atoms with Crippen LogP contribution in [0.1, 0.15) is 12.0 Å². The molecule has 6 heteroatoms. The first-order chi connectivity index (χ1) is 9.24. The number of benzene rings is 1. The molecule has 0 amide bonds. The van der Waals surface area contributed by atoms with Crippen LogP contribution in [0.3, 0.4) is 0 Å². The maximum Gasteiger partial charge on any atom is 0.243 e. The molecule has 0 aromatic heterocycles. The number of sulfonamides is 1. The highest BCUT2D eigenvalue weighted by Crippen LogP contribution is 2.28. The number of aliphatic hydroxyl groups is 1. The predicted octanol–water partition coefficient (Wildman–Crippen LogP) is 0.682. The molecule has 0 aliphatic carbocycles. The highest BCUT2D eigenvalue weighted by molar-refractivity contribution is 7.89. The van der Waals surface area contributed by atoms with E-state index in [1.54, 1.807) is 25.1 Å². The Hall–Kier alpha value is -0.950. The standard InChI is InChI=1S/C14H22N2O3S/c1-12-6-4-5-7-13(12)20(18,19)16-9-8-14(17,11-16)10-15(2)3/h4-7,17H,8-11H2,1-3H3/t14-/m1/s1. The van der Waals surface area contributed by atoms with E-state index < -0.39 is 15.6 Å². The lowest BCUT2D eigenvalue weighted by molar-refractivity contribution is 0.0302. The number of hydrogen-bond donors (Lipinski definition) is 1. The van der Waals surface area contributed by atoms with E-state index in [2.05, 4.69) is 0 Å². The van der Waals surface area contributed by atoms with E-state index in [1.165, 1.54) is 4.31 Å². The molecule has 0 bridgehead atoms. The highest BCUT2D eigenvalue weighted by Gasteiger charge is 2.42. The van der Waals surface area contributed by atoms with Crippen LogP contribution in [-0.4, -0.2) is 62.1 Å². The van der Waals surface area contributed by atoms with Gasteiger partial charge in [-0.3, -0.25) is 0 Å². The second kappa shape index (κ2) is 5.44. The van der Waals surface area contributed by atoms with Gasteiger partial charge in [-0.25, -0.2) is 8.42 Å². The normalized spacial score (nSPS) is 24.4. The second-order valence-corrected chi connectivity index (χ2v) is 7.72. The summed E-state index contributed by atoms with van der Waals surface area (Å²) in [6, 6.07) is 6.95. The molecule has 1 fully saturated rings. The van der Waals surface area contributed by atoms with Gasteiger partial charge >= 0.3 is 0 Å². The smallest absolute Gasteiger partial charge is 0.243 e.